The van der Waals surface area contributed by atoms with E-state index in [0.29, 0.717) is 5.73 Å². The van der Waals surface area contributed by atoms with Gasteiger partial charge in [0.05, 0.1) is 5.73 Å². The van der Waals surface area contributed by atoms with Gasteiger partial charge in [-0.2, -0.15) is 0 Å². The molecular formula is C7H22O3Si3. The summed E-state index contributed by atoms with van der Waals surface area (Å²) in [7, 11) is -0.270. The van der Waals surface area contributed by atoms with E-state index in [0.717, 1.165) is 23.5 Å². The lowest BCUT2D eigenvalue weighted by Crippen LogP contribution is -2.25. The first-order valence-electron chi connectivity index (χ1n) is 5.03. The predicted octanol–water partition coefficient (Wildman–Crippen LogP) is -1.06. The third kappa shape index (κ3) is 8.85. The molecule has 0 N–H and O–H groups in total. The van der Waals surface area contributed by atoms with Crippen LogP contribution in [0.25, 0.3) is 0 Å². The van der Waals surface area contributed by atoms with Crippen LogP contribution in [0.1, 0.15) is 33.1 Å². The molecule has 0 saturated carbocycles. The van der Waals surface area contributed by atoms with Gasteiger partial charge in [0.1, 0.15) is 10.5 Å². The van der Waals surface area contributed by atoms with E-state index < -0.39 is 19.8 Å². The summed E-state index contributed by atoms with van der Waals surface area (Å²) >= 11 is 0. The van der Waals surface area contributed by atoms with E-state index in [1.165, 1.54) is 12.8 Å². The average Bonchev–Trinajstić information content (AvgIpc) is 2.16. The normalized spacial score (nSPS) is 15.2. The zero-order chi connectivity index (χ0) is 9.94. The minimum Gasteiger partial charge on any atom is -0.449 e. The molecule has 1 unspecified atom stereocenters. The van der Waals surface area contributed by atoms with Crippen LogP contribution < -0.4 is 0 Å². The van der Waals surface area contributed by atoms with E-state index in [2.05, 4.69) is 13.8 Å². The van der Waals surface area contributed by atoms with Crippen LogP contribution in [0.2, 0.25) is 0 Å². The third-order valence-electron chi connectivity index (χ3n) is 1.81. The maximum atomic E-state index is 5.69. The fraction of sp³-hybridized carbons (Fsp3) is 1.00. The number of unbranched alkanes of at least 4 members (excludes halogenated alkanes) is 1. The highest BCUT2D eigenvalue weighted by Gasteiger charge is 2.06. The fourth-order valence-electron chi connectivity index (χ4n) is 0.941. The van der Waals surface area contributed by atoms with Crippen LogP contribution in [0, 0.1) is 0 Å². The van der Waals surface area contributed by atoms with Gasteiger partial charge in [-0.05, 0) is 12.8 Å². The first-order chi connectivity index (χ1) is 6.35. The number of rotatable bonds is 9. The highest BCUT2D eigenvalue weighted by atomic mass is 28.3. The average molecular weight is 239 g/mol. The van der Waals surface area contributed by atoms with Gasteiger partial charge in [-0.25, -0.2) is 0 Å². The summed E-state index contributed by atoms with van der Waals surface area (Å²) in [6.45, 7) is 5.24. The minimum absolute atomic E-state index is 0.413. The second kappa shape index (κ2) is 10.6. The molecule has 0 aliphatic carbocycles. The molecule has 3 nitrogen and oxygen atoms in total. The summed E-state index contributed by atoms with van der Waals surface area (Å²) in [6, 6.07) is 0. The van der Waals surface area contributed by atoms with Crippen LogP contribution >= 0.6 is 0 Å². The Morgan fingerprint density at radius 2 is 2.15 bits per heavy atom. The standard InChI is InChI=1S/C7H22O3Si3/c1-3-5-6-8-7(4-2)12-10-13-9-11/h7H,3-6,12-13H2,1-2,11H3. The minimum atomic E-state index is -0.615. The highest BCUT2D eigenvalue weighted by Crippen LogP contribution is 1.98. The van der Waals surface area contributed by atoms with Gasteiger partial charge in [0.15, 0.2) is 9.76 Å². The van der Waals surface area contributed by atoms with Crippen LogP contribution in [0.4, 0.5) is 0 Å². The molecule has 0 aliphatic rings. The van der Waals surface area contributed by atoms with Gasteiger partial charge in [-0.15, -0.1) is 0 Å². The molecule has 0 bridgehead atoms. The number of hydrogen-bond donors (Lipinski definition) is 0. The molecule has 80 valence electrons. The summed E-state index contributed by atoms with van der Waals surface area (Å²) in [5.41, 5.74) is 0.413. The van der Waals surface area contributed by atoms with Gasteiger partial charge in [-0.3, -0.25) is 0 Å². The van der Waals surface area contributed by atoms with Crippen molar-refractivity contribution in [3.63, 3.8) is 0 Å². The molecule has 0 saturated heterocycles. The van der Waals surface area contributed by atoms with Crippen molar-refractivity contribution in [2.24, 2.45) is 0 Å². The number of hydrogen-bond acceptors (Lipinski definition) is 3. The van der Waals surface area contributed by atoms with E-state index in [-0.39, 0.29) is 0 Å². The molecular weight excluding hydrogens is 216 g/mol. The lowest BCUT2D eigenvalue weighted by molar-refractivity contribution is 0.0934. The Morgan fingerprint density at radius 3 is 2.69 bits per heavy atom. The van der Waals surface area contributed by atoms with E-state index in [1.54, 1.807) is 0 Å². The van der Waals surface area contributed by atoms with Gasteiger partial charge in [-0.1, -0.05) is 20.3 Å². The smallest absolute Gasteiger partial charge is 0.282 e. The molecule has 0 amide bonds. The molecule has 0 heterocycles. The van der Waals surface area contributed by atoms with Crippen molar-refractivity contribution in [1.82, 2.24) is 0 Å². The monoisotopic (exact) mass is 238 g/mol. The summed E-state index contributed by atoms with van der Waals surface area (Å²) in [6.07, 6.45) is 3.46. The van der Waals surface area contributed by atoms with Crippen molar-refractivity contribution in [3.05, 3.63) is 0 Å². The van der Waals surface area contributed by atoms with Crippen LogP contribution in [0.15, 0.2) is 0 Å². The van der Waals surface area contributed by atoms with E-state index in [4.69, 9.17) is 13.0 Å². The van der Waals surface area contributed by atoms with Crippen molar-refractivity contribution in [2.45, 2.75) is 38.8 Å². The molecule has 0 spiro atoms. The molecule has 0 aromatic carbocycles. The Balaban J connectivity index is 3.28. The summed E-state index contributed by atoms with van der Waals surface area (Å²) in [5, 5.41) is 0. The lowest BCUT2D eigenvalue weighted by atomic mass is 10.4. The summed E-state index contributed by atoms with van der Waals surface area (Å²) < 4.78 is 16.3. The molecule has 0 rings (SSSR count). The quantitative estimate of drug-likeness (QED) is 0.378. The van der Waals surface area contributed by atoms with Gasteiger partial charge < -0.3 is 13.0 Å². The van der Waals surface area contributed by atoms with Crippen molar-refractivity contribution >= 4 is 30.3 Å². The Hall–Kier alpha value is 0.531. The number of ether oxygens (including phenoxy) is 1. The molecule has 0 radical (unpaired) electrons. The van der Waals surface area contributed by atoms with Crippen molar-refractivity contribution in [3.8, 4) is 0 Å². The largest absolute Gasteiger partial charge is 0.449 e. The van der Waals surface area contributed by atoms with Crippen LogP contribution in [0.5, 0.6) is 0 Å². The van der Waals surface area contributed by atoms with Gasteiger partial charge in [0, 0.05) is 6.61 Å². The molecule has 0 aliphatic heterocycles. The Labute approximate surface area is 89.1 Å². The highest BCUT2D eigenvalue weighted by molar-refractivity contribution is 6.42. The molecule has 1 atom stereocenters. The SMILES string of the molecule is CCCCOC(CC)[SiH2]O[SiH2]O[SiH3]. The first kappa shape index (κ1) is 13.5. The van der Waals surface area contributed by atoms with Gasteiger partial charge in [0.2, 0.25) is 0 Å². The van der Waals surface area contributed by atoms with E-state index in [9.17, 15) is 0 Å². The zero-order valence-electron chi connectivity index (χ0n) is 9.04. The van der Waals surface area contributed by atoms with Gasteiger partial charge in [0.25, 0.3) is 10.0 Å². The third-order valence-corrected chi connectivity index (χ3v) is 5.55. The van der Waals surface area contributed by atoms with Crippen molar-refractivity contribution in [1.29, 1.82) is 0 Å². The van der Waals surface area contributed by atoms with Crippen LogP contribution in [0.3, 0.4) is 0 Å². The lowest BCUT2D eigenvalue weighted by Gasteiger charge is -2.15. The predicted molar refractivity (Wildman–Crippen MR) is 64.1 cm³/mol. The summed E-state index contributed by atoms with van der Waals surface area (Å²) in [5.74, 6) is 0. The Morgan fingerprint density at radius 1 is 1.38 bits per heavy atom. The zero-order valence-corrected chi connectivity index (χ0v) is 13.9. The van der Waals surface area contributed by atoms with Crippen LogP contribution in [-0.2, 0) is 13.0 Å². The van der Waals surface area contributed by atoms with Crippen molar-refractivity contribution in [2.75, 3.05) is 6.61 Å². The Bertz CT molecular complexity index is 95.0. The second-order valence-corrected chi connectivity index (χ2v) is 8.45. The Kier molecular flexibility index (Phi) is 11.0. The molecule has 13 heavy (non-hydrogen) atoms. The molecule has 0 fully saturated rings. The topological polar surface area (TPSA) is 27.7 Å². The molecule has 6 heteroatoms. The summed E-state index contributed by atoms with van der Waals surface area (Å²) in [4.78, 5) is 0. The molecule has 0 aromatic heterocycles. The van der Waals surface area contributed by atoms with Gasteiger partial charge >= 0.3 is 0 Å². The fourth-order valence-corrected chi connectivity index (χ4v) is 5.04. The van der Waals surface area contributed by atoms with E-state index >= 15 is 0 Å². The first-order valence-corrected chi connectivity index (χ1v) is 8.39. The van der Waals surface area contributed by atoms with E-state index in [1.807, 2.05) is 0 Å². The second-order valence-electron chi connectivity index (χ2n) is 3.03. The van der Waals surface area contributed by atoms with Crippen LogP contribution in [-0.4, -0.2) is 42.6 Å². The molecule has 0 aromatic rings. The maximum absolute atomic E-state index is 5.69. The maximum Gasteiger partial charge on any atom is 0.282 e. The van der Waals surface area contributed by atoms with Crippen molar-refractivity contribution < 1.29 is 13.0 Å².